The molecule has 2 amide bonds. The molecule has 2 atom stereocenters. The van der Waals surface area contributed by atoms with Crippen LogP contribution in [0.15, 0.2) is 0 Å². The fraction of sp³-hybridized carbons (Fsp3) is 0.857. The number of carbonyl (C=O) groups is 2. The smallest absolute Gasteiger partial charge is 0.242 e. The molecule has 0 rings (SSSR count). The summed E-state index contributed by atoms with van der Waals surface area (Å²) in [6.07, 6.45) is 1.60. The zero-order valence-electron chi connectivity index (χ0n) is 12.9. The molecular formula is C14H29N3O2. The zero-order valence-corrected chi connectivity index (χ0v) is 12.9. The van der Waals surface area contributed by atoms with Gasteiger partial charge in [-0.05, 0) is 32.1 Å². The second-order valence-electron chi connectivity index (χ2n) is 6.30. The van der Waals surface area contributed by atoms with E-state index in [1.54, 1.807) is 0 Å². The quantitative estimate of drug-likeness (QED) is 0.650. The number of likely N-dealkylation sites (N-methyl/N-ethyl adjacent to an activating group) is 1. The number of carbonyl (C=O) groups excluding carboxylic acids is 2. The second kappa shape index (κ2) is 8.15. The van der Waals surface area contributed by atoms with Gasteiger partial charge in [-0.2, -0.15) is 0 Å². The van der Waals surface area contributed by atoms with Gasteiger partial charge in [-0.1, -0.05) is 20.8 Å². The van der Waals surface area contributed by atoms with E-state index in [0.29, 0.717) is 25.8 Å². The molecule has 0 heterocycles. The van der Waals surface area contributed by atoms with E-state index in [2.05, 4.69) is 10.6 Å². The van der Waals surface area contributed by atoms with Gasteiger partial charge in [0.05, 0.1) is 0 Å². The average Bonchev–Trinajstić information content (AvgIpc) is 2.24. The Morgan fingerprint density at radius 2 is 1.84 bits per heavy atom. The van der Waals surface area contributed by atoms with Crippen molar-refractivity contribution in [3.8, 4) is 0 Å². The molecule has 0 saturated heterocycles. The van der Waals surface area contributed by atoms with Crippen molar-refractivity contribution in [3.05, 3.63) is 0 Å². The van der Waals surface area contributed by atoms with Crippen LogP contribution in [-0.2, 0) is 9.59 Å². The van der Waals surface area contributed by atoms with E-state index in [0.717, 1.165) is 0 Å². The molecule has 5 nitrogen and oxygen atoms in total. The van der Waals surface area contributed by atoms with Crippen LogP contribution in [0.2, 0.25) is 0 Å². The first kappa shape index (κ1) is 17.9. The van der Waals surface area contributed by atoms with Gasteiger partial charge in [0.2, 0.25) is 11.8 Å². The fourth-order valence-corrected chi connectivity index (χ4v) is 1.74. The molecule has 2 unspecified atom stereocenters. The maximum atomic E-state index is 11.9. The molecule has 0 saturated carbocycles. The van der Waals surface area contributed by atoms with E-state index < -0.39 is 6.04 Å². The highest BCUT2D eigenvalue weighted by Crippen LogP contribution is 2.21. The van der Waals surface area contributed by atoms with Crippen molar-refractivity contribution in [2.75, 3.05) is 6.54 Å². The van der Waals surface area contributed by atoms with Crippen molar-refractivity contribution < 1.29 is 9.59 Å². The van der Waals surface area contributed by atoms with Crippen molar-refractivity contribution >= 4 is 11.8 Å². The Morgan fingerprint density at radius 3 is 2.26 bits per heavy atom. The molecule has 0 spiro atoms. The molecule has 0 aliphatic heterocycles. The summed E-state index contributed by atoms with van der Waals surface area (Å²) in [5.74, 6) is -0.232. The molecule has 19 heavy (non-hydrogen) atoms. The number of nitrogens with two attached hydrogens (primary N) is 1. The minimum Gasteiger partial charge on any atom is -0.355 e. The zero-order chi connectivity index (χ0) is 15.1. The molecule has 0 radical (unpaired) electrons. The standard InChI is InChI=1S/C14H29N3O2/c1-6-16-13(19)11(9-14(3,4)5)17-12(18)8-7-10(2)15/h10-11H,6-9,15H2,1-5H3,(H,16,19)(H,17,18). The van der Waals surface area contributed by atoms with Gasteiger partial charge in [0, 0.05) is 19.0 Å². The third-order valence-electron chi connectivity index (χ3n) is 2.65. The van der Waals surface area contributed by atoms with E-state index in [1.807, 2.05) is 34.6 Å². The van der Waals surface area contributed by atoms with Crippen LogP contribution in [0.5, 0.6) is 0 Å². The molecule has 5 heteroatoms. The van der Waals surface area contributed by atoms with E-state index in [4.69, 9.17) is 5.73 Å². The number of amides is 2. The Labute approximate surface area is 116 Å². The van der Waals surface area contributed by atoms with Crippen LogP contribution < -0.4 is 16.4 Å². The number of hydrogen-bond donors (Lipinski definition) is 3. The highest BCUT2D eigenvalue weighted by atomic mass is 16.2. The van der Waals surface area contributed by atoms with Crippen molar-refractivity contribution in [3.63, 3.8) is 0 Å². The third-order valence-corrected chi connectivity index (χ3v) is 2.65. The average molecular weight is 271 g/mol. The van der Waals surface area contributed by atoms with Crippen molar-refractivity contribution in [2.45, 2.75) is 66.0 Å². The first-order chi connectivity index (χ1) is 8.65. The second-order valence-corrected chi connectivity index (χ2v) is 6.30. The largest absolute Gasteiger partial charge is 0.355 e. The van der Waals surface area contributed by atoms with Gasteiger partial charge in [0.15, 0.2) is 0 Å². The van der Waals surface area contributed by atoms with Gasteiger partial charge in [-0.15, -0.1) is 0 Å². The lowest BCUT2D eigenvalue weighted by Crippen LogP contribution is -2.48. The Hall–Kier alpha value is -1.10. The first-order valence-corrected chi connectivity index (χ1v) is 6.98. The van der Waals surface area contributed by atoms with E-state index in [-0.39, 0.29) is 23.3 Å². The first-order valence-electron chi connectivity index (χ1n) is 6.98. The van der Waals surface area contributed by atoms with Crippen molar-refractivity contribution in [1.82, 2.24) is 10.6 Å². The maximum absolute atomic E-state index is 11.9. The number of nitrogens with one attached hydrogen (secondary N) is 2. The highest BCUT2D eigenvalue weighted by molar-refractivity contribution is 5.87. The highest BCUT2D eigenvalue weighted by Gasteiger charge is 2.25. The van der Waals surface area contributed by atoms with Gasteiger partial charge in [-0.25, -0.2) is 0 Å². The SMILES string of the molecule is CCNC(=O)C(CC(C)(C)C)NC(=O)CCC(C)N. The van der Waals surface area contributed by atoms with Crippen LogP contribution in [0.1, 0.15) is 53.9 Å². The third kappa shape index (κ3) is 9.47. The molecule has 0 aromatic heterocycles. The van der Waals surface area contributed by atoms with Crippen molar-refractivity contribution in [2.24, 2.45) is 11.1 Å². The van der Waals surface area contributed by atoms with Gasteiger partial charge < -0.3 is 16.4 Å². The topological polar surface area (TPSA) is 84.2 Å². The molecule has 4 N–H and O–H groups in total. The summed E-state index contributed by atoms with van der Waals surface area (Å²) in [7, 11) is 0. The summed E-state index contributed by atoms with van der Waals surface area (Å²) >= 11 is 0. The van der Waals surface area contributed by atoms with Crippen LogP contribution in [0, 0.1) is 5.41 Å². The molecule has 0 fully saturated rings. The minimum atomic E-state index is -0.472. The normalized spacial score (nSPS) is 14.6. The fourth-order valence-electron chi connectivity index (χ4n) is 1.74. The van der Waals surface area contributed by atoms with Crippen LogP contribution in [0.4, 0.5) is 0 Å². The summed E-state index contributed by atoms with van der Waals surface area (Å²) in [5, 5.41) is 5.57. The predicted molar refractivity (Wildman–Crippen MR) is 77.6 cm³/mol. The molecule has 0 aliphatic carbocycles. The molecule has 0 bridgehead atoms. The Morgan fingerprint density at radius 1 is 1.26 bits per heavy atom. The molecule has 0 aliphatic rings. The van der Waals surface area contributed by atoms with E-state index in [9.17, 15) is 9.59 Å². The summed E-state index contributed by atoms with van der Waals surface area (Å²) in [4.78, 5) is 23.7. The van der Waals surface area contributed by atoms with Gasteiger partial charge in [0.1, 0.15) is 6.04 Å². The van der Waals surface area contributed by atoms with Gasteiger partial charge in [0.25, 0.3) is 0 Å². The van der Waals surface area contributed by atoms with Gasteiger partial charge in [-0.3, -0.25) is 9.59 Å². The van der Waals surface area contributed by atoms with Crippen LogP contribution >= 0.6 is 0 Å². The van der Waals surface area contributed by atoms with Crippen molar-refractivity contribution in [1.29, 1.82) is 0 Å². The summed E-state index contributed by atoms with van der Waals surface area (Å²) < 4.78 is 0. The maximum Gasteiger partial charge on any atom is 0.242 e. The van der Waals surface area contributed by atoms with Crippen LogP contribution in [0.25, 0.3) is 0 Å². The molecule has 112 valence electrons. The van der Waals surface area contributed by atoms with E-state index >= 15 is 0 Å². The minimum absolute atomic E-state index is 0.00344. The van der Waals surface area contributed by atoms with Crippen LogP contribution in [-0.4, -0.2) is 30.4 Å². The monoisotopic (exact) mass is 271 g/mol. The van der Waals surface area contributed by atoms with Gasteiger partial charge >= 0.3 is 0 Å². The molecular weight excluding hydrogens is 242 g/mol. The molecule has 0 aromatic carbocycles. The Bertz CT molecular complexity index is 296. The molecule has 0 aromatic rings. The lowest BCUT2D eigenvalue weighted by Gasteiger charge is -2.26. The lowest BCUT2D eigenvalue weighted by atomic mass is 9.87. The van der Waals surface area contributed by atoms with E-state index in [1.165, 1.54) is 0 Å². The number of rotatable bonds is 7. The van der Waals surface area contributed by atoms with Crippen LogP contribution in [0.3, 0.4) is 0 Å². The Kier molecular flexibility index (Phi) is 7.68. The summed E-state index contributed by atoms with van der Waals surface area (Å²) in [5.41, 5.74) is 5.60. The Balaban J connectivity index is 4.49. The summed E-state index contributed by atoms with van der Waals surface area (Å²) in [6.45, 7) is 10.4. The summed E-state index contributed by atoms with van der Waals surface area (Å²) in [6, 6.07) is -0.475. The predicted octanol–water partition coefficient (Wildman–Crippen LogP) is 1.17. The lowest BCUT2D eigenvalue weighted by molar-refractivity contribution is -0.129. The number of hydrogen-bond acceptors (Lipinski definition) is 3.